The lowest BCUT2D eigenvalue weighted by atomic mass is 10.0. The molecule has 4 nitrogen and oxygen atoms in total. The third-order valence-electron chi connectivity index (χ3n) is 10.7. The zero-order chi connectivity index (χ0) is 37.0. The van der Waals surface area contributed by atoms with E-state index in [1.807, 2.05) is 35.6 Å². The second-order valence-electron chi connectivity index (χ2n) is 14.0. The molecule has 0 aliphatic heterocycles. The van der Waals surface area contributed by atoms with E-state index in [9.17, 15) is 0 Å². The summed E-state index contributed by atoms with van der Waals surface area (Å²) < 4.78 is 4.97. The van der Waals surface area contributed by atoms with Gasteiger partial charge in [0.05, 0.1) is 21.4 Å². The van der Waals surface area contributed by atoms with Crippen LogP contribution in [0.5, 0.6) is 0 Å². The van der Waals surface area contributed by atoms with Gasteiger partial charge in [0.1, 0.15) is 0 Å². The van der Waals surface area contributed by atoms with E-state index in [1.165, 1.54) is 53.2 Å². The number of thiophene rings is 1. The minimum Gasteiger partial charge on any atom is -0.307 e. The van der Waals surface area contributed by atoms with Crippen molar-refractivity contribution in [1.82, 2.24) is 19.5 Å². The van der Waals surface area contributed by atoms with E-state index in [2.05, 4.69) is 174 Å². The largest absolute Gasteiger partial charge is 0.307 e. The topological polar surface area (TPSA) is 43.6 Å². The highest BCUT2D eigenvalue weighted by atomic mass is 32.1. The fraction of sp³-hybridized carbons (Fsp3) is 0. The van der Waals surface area contributed by atoms with Gasteiger partial charge >= 0.3 is 0 Å². The van der Waals surface area contributed by atoms with E-state index in [0.717, 1.165) is 33.5 Å². The monoisotopic (exact) mass is 732 g/mol. The molecule has 56 heavy (non-hydrogen) atoms. The van der Waals surface area contributed by atoms with Gasteiger partial charge in [-0.25, -0.2) is 15.0 Å². The van der Waals surface area contributed by atoms with Crippen LogP contribution in [-0.4, -0.2) is 19.5 Å². The molecule has 0 saturated carbocycles. The van der Waals surface area contributed by atoms with Gasteiger partial charge in [-0.15, -0.1) is 11.3 Å². The Kier molecular flexibility index (Phi) is 7.64. The summed E-state index contributed by atoms with van der Waals surface area (Å²) in [5.41, 5.74) is 10.8. The molecule has 3 heterocycles. The molecule has 11 rings (SSSR count). The lowest BCUT2D eigenvalue weighted by Crippen LogP contribution is -2.03. The summed E-state index contributed by atoms with van der Waals surface area (Å²) in [6.07, 6.45) is 0. The number of rotatable bonds is 6. The third kappa shape index (κ3) is 5.40. The Morgan fingerprint density at radius 3 is 1.61 bits per heavy atom. The number of fused-ring (bicyclic) bond motifs is 7. The zero-order valence-corrected chi connectivity index (χ0v) is 31.0. The number of aromatic nitrogens is 4. The quantitative estimate of drug-likeness (QED) is 0.171. The molecule has 0 unspecified atom stereocenters. The molecule has 0 bridgehead atoms. The maximum Gasteiger partial charge on any atom is 0.166 e. The Labute approximate surface area is 327 Å². The maximum atomic E-state index is 5.25. The minimum atomic E-state index is 0.621. The van der Waals surface area contributed by atoms with Crippen LogP contribution in [0.2, 0.25) is 0 Å². The van der Waals surface area contributed by atoms with Crippen LogP contribution >= 0.6 is 11.3 Å². The van der Waals surface area contributed by atoms with Crippen molar-refractivity contribution in [3.8, 4) is 62.1 Å². The Hall–Kier alpha value is -7.21. The summed E-state index contributed by atoms with van der Waals surface area (Å²) in [4.78, 5) is 15.5. The highest BCUT2D eigenvalue weighted by Gasteiger charge is 2.22. The van der Waals surface area contributed by atoms with Gasteiger partial charge < -0.3 is 4.57 Å². The van der Waals surface area contributed by atoms with Crippen LogP contribution in [-0.2, 0) is 0 Å². The number of hydrogen-bond acceptors (Lipinski definition) is 4. The molecule has 3 aromatic heterocycles. The van der Waals surface area contributed by atoms with E-state index >= 15 is 0 Å². The van der Waals surface area contributed by atoms with Gasteiger partial charge in [0, 0.05) is 42.9 Å². The lowest BCUT2D eigenvalue weighted by molar-refractivity contribution is 1.06. The van der Waals surface area contributed by atoms with E-state index in [4.69, 9.17) is 15.0 Å². The van der Waals surface area contributed by atoms with Gasteiger partial charge in [0.2, 0.25) is 0 Å². The van der Waals surface area contributed by atoms with Crippen LogP contribution in [0, 0.1) is 0 Å². The van der Waals surface area contributed by atoms with E-state index < -0.39 is 0 Å². The second kappa shape index (κ2) is 13.3. The first kappa shape index (κ1) is 32.2. The number of benzene rings is 8. The molecular formula is C51H32N4S. The summed E-state index contributed by atoms with van der Waals surface area (Å²) >= 11 is 1.85. The molecule has 0 atom stereocenters. The Morgan fingerprint density at radius 2 is 0.875 bits per heavy atom. The molecule has 0 aliphatic rings. The summed E-state index contributed by atoms with van der Waals surface area (Å²) in [6.45, 7) is 0. The van der Waals surface area contributed by atoms with E-state index in [0.29, 0.717) is 17.5 Å². The highest BCUT2D eigenvalue weighted by Crippen LogP contribution is 2.45. The summed E-state index contributed by atoms with van der Waals surface area (Å²) in [5, 5.41) is 4.95. The second-order valence-corrected chi connectivity index (χ2v) is 15.1. The van der Waals surface area contributed by atoms with Crippen molar-refractivity contribution in [2.75, 3.05) is 0 Å². The first-order chi connectivity index (χ1) is 27.8. The Bertz CT molecular complexity index is 3220. The molecule has 0 amide bonds. The maximum absolute atomic E-state index is 5.25. The summed E-state index contributed by atoms with van der Waals surface area (Å²) in [7, 11) is 0. The van der Waals surface area contributed by atoms with Crippen LogP contribution in [0.15, 0.2) is 194 Å². The average Bonchev–Trinajstić information content (AvgIpc) is 3.83. The average molecular weight is 733 g/mol. The molecular weight excluding hydrogens is 701 g/mol. The molecule has 8 aromatic carbocycles. The Balaban J connectivity index is 1.17. The highest BCUT2D eigenvalue weighted by molar-refractivity contribution is 7.26. The first-order valence-corrected chi connectivity index (χ1v) is 19.6. The number of nitrogens with zero attached hydrogens (tertiary/aromatic N) is 4. The SMILES string of the molecule is c1ccc(-c2ccc(-c3nc(-c4ccccc4)nc(-c4ccccc4-n4c5ccc(-c6ccccc6)cc5c5ccc6c7ccccc7sc6c54)n3)cc2)cc1. The molecule has 262 valence electrons. The van der Waals surface area contributed by atoms with Gasteiger partial charge in [-0.1, -0.05) is 164 Å². The van der Waals surface area contributed by atoms with Crippen LogP contribution in [0.25, 0.3) is 104 Å². The van der Waals surface area contributed by atoms with Crippen molar-refractivity contribution in [3.05, 3.63) is 194 Å². The zero-order valence-electron chi connectivity index (χ0n) is 30.2. The van der Waals surface area contributed by atoms with Crippen molar-refractivity contribution in [1.29, 1.82) is 0 Å². The fourth-order valence-corrected chi connectivity index (χ4v) is 9.22. The van der Waals surface area contributed by atoms with Crippen LogP contribution in [0.4, 0.5) is 0 Å². The predicted octanol–water partition coefficient (Wildman–Crippen LogP) is 13.7. The molecule has 0 radical (unpaired) electrons. The van der Waals surface area contributed by atoms with Crippen molar-refractivity contribution < 1.29 is 0 Å². The molecule has 0 saturated heterocycles. The smallest absolute Gasteiger partial charge is 0.166 e. The predicted molar refractivity (Wildman–Crippen MR) is 234 cm³/mol. The van der Waals surface area contributed by atoms with Gasteiger partial charge in [-0.2, -0.15) is 0 Å². The van der Waals surface area contributed by atoms with Crippen LogP contribution < -0.4 is 0 Å². The molecule has 11 aromatic rings. The summed E-state index contributed by atoms with van der Waals surface area (Å²) in [6, 6.07) is 68.5. The molecule has 0 N–H and O–H groups in total. The van der Waals surface area contributed by atoms with E-state index in [1.54, 1.807) is 0 Å². The third-order valence-corrected chi connectivity index (χ3v) is 11.9. The number of para-hydroxylation sites is 1. The fourth-order valence-electron chi connectivity index (χ4n) is 7.98. The number of hydrogen-bond donors (Lipinski definition) is 0. The van der Waals surface area contributed by atoms with Crippen molar-refractivity contribution >= 4 is 53.3 Å². The summed E-state index contributed by atoms with van der Waals surface area (Å²) in [5.74, 6) is 1.88. The van der Waals surface area contributed by atoms with Gasteiger partial charge in [0.25, 0.3) is 0 Å². The first-order valence-electron chi connectivity index (χ1n) is 18.8. The van der Waals surface area contributed by atoms with Crippen molar-refractivity contribution in [3.63, 3.8) is 0 Å². The van der Waals surface area contributed by atoms with E-state index in [-0.39, 0.29) is 0 Å². The molecule has 5 heteroatoms. The molecule has 0 aliphatic carbocycles. The molecule has 0 fully saturated rings. The van der Waals surface area contributed by atoms with Crippen LogP contribution in [0.1, 0.15) is 0 Å². The molecule has 0 spiro atoms. The lowest BCUT2D eigenvalue weighted by Gasteiger charge is -2.15. The van der Waals surface area contributed by atoms with Gasteiger partial charge in [0.15, 0.2) is 17.5 Å². The Morgan fingerprint density at radius 1 is 0.357 bits per heavy atom. The standard InChI is InChI=1S/C51H32N4S/c1-4-14-33(15-5-1)35-24-26-37(27-25-35)50-52-49(36-18-8-3-9-19-36)53-51(54-50)42-21-10-12-22-44(42)55-45-31-28-38(34-16-6-2-7-17-34)32-43(45)40-29-30-41-39-20-11-13-23-46(39)56-48(41)47(40)55/h1-32H. The minimum absolute atomic E-state index is 0.621. The van der Waals surface area contributed by atoms with Gasteiger partial charge in [-0.05, 0) is 52.6 Å². The van der Waals surface area contributed by atoms with Crippen molar-refractivity contribution in [2.24, 2.45) is 0 Å². The van der Waals surface area contributed by atoms with Crippen molar-refractivity contribution in [2.45, 2.75) is 0 Å². The normalized spacial score (nSPS) is 11.6. The van der Waals surface area contributed by atoms with Gasteiger partial charge in [-0.3, -0.25) is 0 Å². The van der Waals surface area contributed by atoms with Crippen LogP contribution in [0.3, 0.4) is 0 Å².